The lowest BCUT2D eigenvalue weighted by molar-refractivity contribution is -0.131. The maximum Gasteiger partial charge on any atom is 0.308 e. The molecular formula is C19H18O5. The Bertz CT molecular complexity index is 763. The largest absolute Gasteiger partial charge is 0.496 e. The van der Waals surface area contributed by atoms with Gasteiger partial charge in [0, 0.05) is 19.1 Å². The molecule has 2 aromatic carbocycles. The van der Waals surface area contributed by atoms with Crippen molar-refractivity contribution in [2.24, 2.45) is 0 Å². The third-order valence-electron chi connectivity index (χ3n) is 3.22. The highest BCUT2D eigenvalue weighted by molar-refractivity contribution is 6.11. The van der Waals surface area contributed by atoms with Crippen molar-refractivity contribution in [2.75, 3.05) is 14.2 Å². The first kappa shape index (κ1) is 17.3. The Kier molecular flexibility index (Phi) is 5.73. The zero-order valence-electron chi connectivity index (χ0n) is 13.7. The number of carbonyl (C=O) groups is 2. The maximum atomic E-state index is 12.6. The van der Waals surface area contributed by atoms with Crippen LogP contribution in [0.15, 0.2) is 48.5 Å². The number of hydrogen-bond donors (Lipinski definition) is 0. The summed E-state index contributed by atoms with van der Waals surface area (Å²) in [6, 6.07) is 12.4. The van der Waals surface area contributed by atoms with Crippen LogP contribution in [0.25, 0.3) is 6.08 Å². The van der Waals surface area contributed by atoms with E-state index in [0.29, 0.717) is 5.75 Å². The minimum atomic E-state index is -0.536. The molecule has 0 heterocycles. The average molecular weight is 326 g/mol. The molecule has 0 radical (unpaired) electrons. The van der Waals surface area contributed by atoms with Gasteiger partial charge >= 0.3 is 5.97 Å². The van der Waals surface area contributed by atoms with Crippen LogP contribution in [0.5, 0.6) is 17.2 Å². The first-order valence-electron chi connectivity index (χ1n) is 7.27. The molecule has 2 aromatic rings. The van der Waals surface area contributed by atoms with E-state index < -0.39 is 5.97 Å². The van der Waals surface area contributed by atoms with Crippen LogP contribution in [0.1, 0.15) is 22.8 Å². The number of rotatable bonds is 6. The molecule has 0 unspecified atom stereocenters. The molecule has 0 aromatic heterocycles. The maximum absolute atomic E-state index is 12.6. The molecule has 5 heteroatoms. The fourth-order valence-electron chi connectivity index (χ4n) is 2.14. The standard InChI is InChI=1S/C19H18O5/c1-13(20)24-18-12-15(22-2)11-17(23-3)19(18)16(21)10-9-14-7-5-4-6-8-14/h4-12H,1-3H3/b10-9+. The van der Waals surface area contributed by atoms with Crippen LogP contribution >= 0.6 is 0 Å². The number of ketones is 1. The Morgan fingerprint density at radius 2 is 1.62 bits per heavy atom. The predicted octanol–water partition coefficient (Wildman–Crippen LogP) is 3.53. The summed E-state index contributed by atoms with van der Waals surface area (Å²) in [7, 11) is 2.91. The predicted molar refractivity (Wildman–Crippen MR) is 90.7 cm³/mol. The van der Waals surface area contributed by atoms with E-state index in [0.717, 1.165) is 5.56 Å². The highest BCUT2D eigenvalue weighted by atomic mass is 16.5. The molecule has 0 aliphatic rings. The van der Waals surface area contributed by atoms with Crippen LogP contribution in [0.2, 0.25) is 0 Å². The Labute approximate surface area is 140 Å². The van der Waals surface area contributed by atoms with Gasteiger partial charge in [-0.25, -0.2) is 0 Å². The van der Waals surface area contributed by atoms with Gasteiger partial charge in [0.25, 0.3) is 0 Å². The van der Waals surface area contributed by atoms with Crippen LogP contribution in [-0.2, 0) is 4.79 Å². The number of ether oxygens (including phenoxy) is 3. The normalized spacial score (nSPS) is 10.5. The highest BCUT2D eigenvalue weighted by Gasteiger charge is 2.20. The molecule has 0 spiro atoms. The molecule has 0 saturated heterocycles. The van der Waals surface area contributed by atoms with E-state index in [4.69, 9.17) is 14.2 Å². The summed E-state index contributed by atoms with van der Waals surface area (Å²) in [4.78, 5) is 23.9. The number of methoxy groups -OCH3 is 2. The van der Waals surface area contributed by atoms with E-state index >= 15 is 0 Å². The Morgan fingerprint density at radius 3 is 2.21 bits per heavy atom. The second-order valence-electron chi connectivity index (χ2n) is 4.90. The van der Waals surface area contributed by atoms with E-state index in [1.54, 1.807) is 12.1 Å². The van der Waals surface area contributed by atoms with Gasteiger partial charge in [-0.2, -0.15) is 0 Å². The molecule has 0 aliphatic carbocycles. The minimum Gasteiger partial charge on any atom is -0.496 e. The number of carbonyl (C=O) groups excluding carboxylic acids is 2. The molecule has 0 N–H and O–H groups in total. The van der Waals surface area contributed by atoms with Crippen LogP contribution < -0.4 is 14.2 Å². The van der Waals surface area contributed by atoms with Crippen molar-refractivity contribution < 1.29 is 23.8 Å². The summed E-state index contributed by atoms with van der Waals surface area (Å²) in [6.45, 7) is 1.26. The third kappa shape index (κ3) is 4.23. The Hall–Kier alpha value is -3.08. The zero-order chi connectivity index (χ0) is 17.5. The van der Waals surface area contributed by atoms with E-state index in [2.05, 4.69) is 0 Å². The van der Waals surface area contributed by atoms with Crippen molar-refractivity contribution in [1.29, 1.82) is 0 Å². The Morgan fingerprint density at radius 1 is 0.958 bits per heavy atom. The van der Waals surface area contributed by atoms with Crippen molar-refractivity contribution in [3.63, 3.8) is 0 Å². The lowest BCUT2D eigenvalue weighted by Crippen LogP contribution is -2.08. The SMILES string of the molecule is COc1cc(OC)c(C(=O)/C=C/c2ccccc2)c(OC(C)=O)c1. The fraction of sp³-hybridized carbons (Fsp3) is 0.158. The molecule has 0 bridgehead atoms. The van der Waals surface area contributed by atoms with Gasteiger partial charge in [-0.15, -0.1) is 0 Å². The summed E-state index contributed by atoms with van der Waals surface area (Å²) < 4.78 is 15.5. The van der Waals surface area contributed by atoms with Crippen LogP contribution in [-0.4, -0.2) is 26.0 Å². The Balaban J connectivity index is 2.44. The summed E-state index contributed by atoms with van der Waals surface area (Å²) in [5.74, 6) is -0.0811. The zero-order valence-corrected chi connectivity index (χ0v) is 13.7. The van der Waals surface area contributed by atoms with Crippen molar-refractivity contribution in [3.8, 4) is 17.2 Å². The van der Waals surface area contributed by atoms with Gasteiger partial charge in [-0.05, 0) is 11.6 Å². The second-order valence-corrected chi connectivity index (χ2v) is 4.90. The van der Waals surface area contributed by atoms with Gasteiger partial charge in [0.2, 0.25) is 0 Å². The molecule has 0 amide bonds. The van der Waals surface area contributed by atoms with E-state index in [1.165, 1.54) is 33.3 Å². The van der Waals surface area contributed by atoms with Crippen molar-refractivity contribution in [3.05, 3.63) is 59.7 Å². The van der Waals surface area contributed by atoms with Crippen LogP contribution in [0, 0.1) is 0 Å². The van der Waals surface area contributed by atoms with Gasteiger partial charge in [0.1, 0.15) is 22.8 Å². The lowest BCUT2D eigenvalue weighted by Gasteiger charge is -2.13. The second kappa shape index (κ2) is 7.97. The summed E-state index contributed by atoms with van der Waals surface area (Å²) >= 11 is 0. The van der Waals surface area contributed by atoms with E-state index in [9.17, 15) is 9.59 Å². The first-order valence-corrected chi connectivity index (χ1v) is 7.27. The molecule has 5 nitrogen and oxygen atoms in total. The summed E-state index contributed by atoms with van der Waals surface area (Å²) in [5.41, 5.74) is 1.05. The topological polar surface area (TPSA) is 61.8 Å². The molecule has 2 rings (SSSR count). The average Bonchev–Trinajstić information content (AvgIpc) is 2.59. The molecule has 124 valence electrons. The van der Waals surface area contributed by atoms with Gasteiger partial charge in [0.05, 0.1) is 14.2 Å². The van der Waals surface area contributed by atoms with Crippen LogP contribution in [0.4, 0.5) is 0 Å². The van der Waals surface area contributed by atoms with Gasteiger partial charge in [0.15, 0.2) is 5.78 Å². The molecular weight excluding hydrogens is 308 g/mol. The highest BCUT2D eigenvalue weighted by Crippen LogP contribution is 2.35. The smallest absolute Gasteiger partial charge is 0.308 e. The van der Waals surface area contributed by atoms with Crippen molar-refractivity contribution in [2.45, 2.75) is 6.92 Å². The van der Waals surface area contributed by atoms with Gasteiger partial charge in [-0.1, -0.05) is 36.4 Å². The van der Waals surface area contributed by atoms with E-state index in [1.807, 2.05) is 30.3 Å². The van der Waals surface area contributed by atoms with E-state index in [-0.39, 0.29) is 22.8 Å². The molecule has 24 heavy (non-hydrogen) atoms. The number of hydrogen-bond acceptors (Lipinski definition) is 5. The number of esters is 1. The third-order valence-corrected chi connectivity index (χ3v) is 3.22. The van der Waals surface area contributed by atoms with Crippen molar-refractivity contribution >= 4 is 17.8 Å². The molecule has 0 saturated carbocycles. The number of allylic oxidation sites excluding steroid dienone is 1. The van der Waals surface area contributed by atoms with Crippen molar-refractivity contribution in [1.82, 2.24) is 0 Å². The molecule has 0 atom stereocenters. The monoisotopic (exact) mass is 326 g/mol. The fourth-order valence-corrected chi connectivity index (χ4v) is 2.14. The van der Waals surface area contributed by atoms with Gasteiger partial charge < -0.3 is 14.2 Å². The first-order chi connectivity index (χ1) is 11.5. The molecule has 0 fully saturated rings. The van der Waals surface area contributed by atoms with Gasteiger partial charge in [-0.3, -0.25) is 9.59 Å². The van der Waals surface area contributed by atoms with Crippen LogP contribution in [0.3, 0.4) is 0 Å². The number of benzene rings is 2. The summed E-state index contributed by atoms with van der Waals surface area (Å²) in [5, 5.41) is 0. The lowest BCUT2D eigenvalue weighted by atomic mass is 10.1. The molecule has 0 aliphatic heterocycles. The quantitative estimate of drug-likeness (QED) is 0.352. The minimum absolute atomic E-state index is 0.0985. The summed E-state index contributed by atoms with van der Waals surface area (Å²) in [6.07, 6.45) is 3.09.